The van der Waals surface area contributed by atoms with Gasteiger partial charge in [-0.1, -0.05) is 12.1 Å². The summed E-state index contributed by atoms with van der Waals surface area (Å²) >= 11 is 0. The smallest absolute Gasteiger partial charge is 0.284 e. The maximum absolute atomic E-state index is 12.8. The van der Waals surface area contributed by atoms with Crippen molar-refractivity contribution in [2.75, 3.05) is 25.6 Å². The average molecular weight is 427 g/mol. The lowest BCUT2D eigenvalue weighted by Crippen LogP contribution is -2.34. The zero-order chi connectivity index (χ0) is 22.0. The van der Waals surface area contributed by atoms with Gasteiger partial charge in [-0.25, -0.2) is 10.5 Å². The van der Waals surface area contributed by atoms with E-state index in [4.69, 9.17) is 20.0 Å². The van der Waals surface area contributed by atoms with E-state index in [1.165, 1.54) is 0 Å². The molecule has 10 nitrogen and oxygen atoms in total. The van der Waals surface area contributed by atoms with Gasteiger partial charge in [-0.3, -0.25) is 9.63 Å². The van der Waals surface area contributed by atoms with Gasteiger partial charge in [0.05, 0.1) is 24.3 Å². The van der Waals surface area contributed by atoms with Crippen molar-refractivity contribution in [3.8, 4) is 17.3 Å². The molecule has 1 saturated heterocycles. The average Bonchev–Trinajstić information content (AvgIpc) is 3.37. The fourth-order valence-electron chi connectivity index (χ4n) is 3.24. The summed E-state index contributed by atoms with van der Waals surface area (Å²) in [6.45, 7) is 3.96. The Morgan fingerprint density at radius 1 is 1.39 bits per heavy atom. The molecule has 4 rings (SSSR count). The molecule has 0 aliphatic carbocycles. The first kappa shape index (κ1) is 21.0. The van der Waals surface area contributed by atoms with Crippen LogP contribution in [0.1, 0.15) is 30.6 Å². The number of aliphatic hydroxyl groups is 1. The van der Waals surface area contributed by atoms with Gasteiger partial charge >= 0.3 is 0 Å². The van der Waals surface area contributed by atoms with Crippen molar-refractivity contribution in [3.63, 3.8) is 0 Å². The van der Waals surface area contributed by atoms with Crippen LogP contribution in [0.15, 0.2) is 30.5 Å². The second kappa shape index (κ2) is 8.50. The third kappa shape index (κ3) is 4.76. The van der Waals surface area contributed by atoms with Gasteiger partial charge in [0.1, 0.15) is 24.1 Å². The van der Waals surface area contributed by atoms with Crippen LogP contribution in [0.3, 0.4) is 0 Å². The number of hydrogen-bond donors (Lipinski definition) is 4. The summed E-state index contributed by atoms with van der Waals surface area (Å²) in [5, 5.41) is 10.8. The lowest BCUT2D eigenvalue weighted by Gasteiger charge is -2.19. The van der Waals surface area contributed by atoms with E-state index in [1.807, 2.05) is 30.5 Å². The number of carbonyl (C=O) groups excluding carboxylic acids is 1. The molecule has 1 fully saturated rings. The number of carbonyl (C=O) groups is 1. The number of para-hydroxylation sites is 1. The molecule has 0 radical (unpaired) electrons. The standard InChI is InChI=1S/C21H25N5O5/c1-21(2,28)11-30-26-19(27)15-17(22)24-18(25-20(15)31-13-7-9-29-10-13)14-5-3-4-12-6-8-23-16(12)14/h3-6,8,13,23,28H,7,9-11H2,1-2H3,(H,26,27)(H2,22,24,25)/t13-/m0/s1. The molecule has 31 heavy (non-hydrogen) atoms. The maximum atomic E-state index is 12.8. The number of hydroxylamine groups is 1. The molecule has 3 aromatic rings. The summed E-state index contributed by atoms with van der Waals surface area (Å²) in [4.78, 5) is 29.9. The molecule has 0 bridgehead atoms. The number of nitrogens with one attached hydrogen (secondary N) is 2. The van der Waals surface area contributed by atoms with Crippen LogP contribution in [0.4, 0.5) is 5.82 Å². The zero-order valence-electron chi connectivity index (χ0n) is 17.3. The summed E-state index contributed by atoms with van der Waals surface area (Å²) in [5.41, 5.74) is 8.87. The molecule has 0 unspecified atom stereocenters. The highest BCUT2D eigenvalue weighted by Crippen LogP contribution is 2.31. The quantitative estimate of drug-likeness (QED) is 0.418. The minimum atomic E-state index is -1.12. The topological polar surface area (TPSA) is 145 Å². The van der Waals surface area contributed by atoms with Gasteiger partial charge in [0.25, 0.3) is 5.91 Å². The van der Waals surface area contributed by atoms with Crippen molar-refractivity contribution >= 4 is 22.6 Å². The van der Waals surface area contributed by atoms with Gasteiger partial charge < -0.3 is 25.3 Å². The molecule has 1 aromatic carbocycles. The highest BCUT2D eigenvalue weighted by Gasteiger charge is 2.27. The number of nitrogens with zero attached hydrogens (tertiary/aromatic N) is 2. The number of rotatable bonds is 7. The van der Waals surface area contributed by atoms with E-state index >= 15 is 0 Å². The van der Waals surface area contributed by atoms with Crippen LogP contribution in [0, 0.1) is 0 Å². The van der Waals surface area contributed by atoms with Gasteiger partial charge in [-0.05, 0) is 26.0 Å². The van der Waals surface area contributed by atoms with Gasteiger partial charge in [0.2, 0.25) is 5.88 Å². The first-order valence-corrected chi connectivity index (χ1v) is 9.95. The van der Waals surface area contributed by atoms with Gasteiger partial charge in [-0.15, -0.1) is 0 Å². The van der Waals surface area contributed by atoms with Crippen molar-refractivity contribution in [1.82, 2.24) is 20.4 Å². The normalized spacial score (nSPS) is 16.5. The number of fused-ring (bicyclic) bond motifs is 1. The Bertz CT molecular complexity index is 1090. The molecule has 0 spiro atoms. The largest absolute Gasteiger partial charge is 0.471 e. The molecule has 1 amide bonds. The second-order valence-corrected chi connectivity index (χ2v) is 8.00. The Morgan fingerprint density at radius 2 is 2.23 bits per heavy atom. The Hall–Kier alpha value is -3.21. The van der Waals surface area contributed by atoms with Crippen molar-refractivity contribution in [2.45, 2.75) is 32.0 Å². The summed E-state index contributed by atoms with van der Waals surface area (Å²) in [7, 11) is 0. The highest BCUT2D eigenvalue weighted by molar-refractivity contribution is 6.01. The fraction of sp³-hybridized carbons (Fsp3) is 0.381. The molecule has 0 saturated carbocycles. The number of ether oxygens (including phenoxy) is 2. The molecular weight excluding hydrogens is 402 g/mol. The Balaban J connectivity index is 1.70. The van der Waals surface area contributed by atoms with E-state index in [0.29, 0.717) is 25.5 Å². The molecule has 164 valence electrons. The number of aromatic nitrogens is 3. The van der Waals surface area contributed by atoms with Crippen LogP contribution in [0.5, 0.6) is 5.88 Å². The Morgan fingerprint density at radius 3 is 2.97 bits per heavy atom. The molecule has 1 atom stereocenters. The molecule has 10 heteroatoms. The van der Waals surface area contributed by atoms with Crippen LogP contribution in [-0.2, 0) is 9.57 Å². The van der Waals surface area contributed by atoms with E-state index in [9.17, 15) is 9.90 Å². The number of benzene rings is 1. The number of anilines is 1. The van der Waals surface area contributed by atoms with E-state index in [1.54, 1.807) is 13.8 Å². The van der Waals surface area contributed by atoms with Crippen molar-refractivity contribution in [2.24, 2.45) is 0 Å². The fourth-order valence-corrected chi connectivity index (χ4v) is 3.24. The number of amides is 1. The number of nitrogens with two attached hydrogens (primary N) is 1. The van der Waals surface area contributed by atoms with Crippen LogP contribution < -0.4 is 16.0 Å². The van der Waals surface area contributed by atoms with Crippen LogP contribution in [-0.4, -0.2) is 57.5 Å². The summed E-state index contributed by atoms with van der Waals surface area (Å²) in [6.07, 6.45) is 2.24. The van der Waals surface area contributed by atoms with E-state index in [0.717, 1.165) is 16.5 Å². The lowest BCUT2D eigenvalue weighted by molar-refractivity contribution is -0.0523. The minimum Gasteiger partial charge on any atom is -0.471 e. The van der Waals surface area contributed by atoms with E-state index in [-0.39, 0.29) is 30.0 Å². The van der Waals surface area contributed by atoms with Crippen molar-refractivity contribution in [1.29, 1.82) is 0 Å². The Labute approximate surface area is 178 Å². The predicted molar refractivity (Wildman–Crippen MR) is 113 cm³/mol. The monoisotopic (exact) mass is 427 g/mol. The molecule has 1 aliphatic rings. The molecular formula is C21H25N5O5. The maximum Gasteiger partial charge on any atom is 0.284 e. The molecule has 1 aliphatic heterocycles. The summed E-state index contributed by atoms with van der Waals surface area (Å²) in [6, 6.07) is 7.66. The molecule has 5 N–H and O–H groups in total. The van der Waals surface area contributed by atoms with E-state index < -0.39 is 11.5 Å². The predicted octanol–water partition coefficient (Wildman–Crippen LogP) is 1.81. The van der Waals surface area contributed by atoms with Crippen molar-refractivity contribution in [3.05, 3.63) is 36.0 Å². The number of hydrogen-bond acceptors (Lipinski definition) is 8. The second-order valence-electron chi connectivity index (χ2n) is 8.00. The van der Waals surface area contributed by atoms with Crippen LogP contribution in [0.25, 0.3) is 22.3 Å². The first-order chi connectivity index (χ1) is 14.8. The zero-order valence-corrected chi connectivity index (χ0v) is 17.3. The van der Waals surface area contributed by atoms with Gasteiger partial charge in [0.15, 0.2) is 5.82 Å². The van der Waals surface area contributed by atoms with Gasteiger partial charge in [0, 0.05) is 23.6 Å². The number of nitrogen functional groups attached to an aromatic ring is 1. The third-order valence-electron chi connectivity index (χ3n) is 4.72. The van der Waals surface area contributed by atoms with E-state index in [2.05, 4.69) is 20.4 Å². The third-order valence-corrected chi connectivity index (χ3v) is 4.72. The molecule has 3 heterocycles. The summed E-state index contributed by atoms with van der Waals surface area (Å²) < 4.78 is 11.3. The van der Waals surface area contributed by atoms with Crippen LogP contribution in [0.2, 0.25) is 0 Å². The lowest BCUT2D eigenvalue weighted by atomic mass is 10.1. The number of H-pyrrole nitrogens is 1. The minimum absolute atomic E-state index is 0.0370. The van der Waals surface area contributed by atoms with Crippen LogP contribution >= 0.6 is 0 Å². The first-order valence-electron chi connectivity index (χ1n) is 9.95. The SMILES string of the molecule is CC(C)(O)CONC(=O)c1c(N)nc(-c2cccc3cc[nH]c23)nc1O[C@H]1CCOC1. The summed E-state index contributed by atoms with van der Waals surface area (Å²) in [5.74, 6) is -0.341. The Kier molecular flexibility index (Phi) is 5.77. The number of aromatic amines is 1. The highest BCUT2D eigenvalue weighted by atomic mass is 16.7. The van der Waals surface area contributed by atoms with Gasteiger partial charge in [-0.2, -0.15) is 4.98 Å². The molecule has 2 aromatic heterocycles. The van der Waals surface area contributed by atoms with Crippen molar-refractivity contribution < 1.29 is 24.2 Å².